The van der Waals surface area contributed by atoms with E-state index in [9.17, 15) is 9.59 Å². The maximum absolute atomic E-state index is 11.5. The van der Waals surface area contributed by atoms with Crippen LogP contribution in [0.3, 0.4) is 0 Å². The average molecular weight is 269 g/mol. The molecule has 1 aromatic heterocycles. The zero-order valence-corrected chi connectivity index (χ0v) is 10.8. The molecule has 0 aliphatic carbocycles. The van der Waals surface area contributed by atoms with E-state index in [-0.39, 0.29) is 0 Å². The fraction of sp³-hybridized carbons (Fsp3) is 0.333. The monoisotopic (exact) mass is 269 g/mol. The van der Waals surface area contributed by atoms with Crippen LogP contribution in [0.1, 0.15) is 12.2 Å². The topological polar surface area (TPSA) is 79.5 Å². The molecule has 5 nitrogen and oxygen atoms in total. The number of hydrogen-bond acceptors (Lipinski definition) is 4. The standard InChI is InChI=1S/C12H15NO4S/c1-18-8-6-10(12(15)16)13-11(14)5-4-9-3-2-7-17-9/h2-5,7,10H,6,8H2,1H3,(H,13,14)(H,15,16)/b5-4-/t10-/m1/s1. The largest absolute Gasteiger partial charge is 0.480 e. The number of aliphatic carboxylic acids is 1. The van der Waals surface area contributed by atoms with Crippen molar-refractivity contribution in [3.63, 3.8) is 0 Å². The molecule has 18 heavy (non-hydrogen) atoms. The van der Waals surface area contributed by atoms with E-state index < -0.39 is 17.9 Å². The third-order valence-corrected chi connectivity index (χ3v) is 2.81. The summed E-state index contributed by atoms with van der Waals surface area (Å²) in [5, 5.41) is 11.4. The van der Waals surface area contributed by atoms with Gasteiger partial charge in [-0.2, -0.15) is 11.8 Å². The Hall–Kier alpha value is -1.69. The highest BCUT2D eigenvalue weighted by Crippen LogP contribution is 2.03. The van der Waals surface area contributed by atoms with Crippen LogP contribution in [0.4, 0.5) is 0 Å². The Morgan fingerprint density at radius 1 is 1.61 bits per heavy atom. The summed E-state index contributed by atoms with van der Waals surface area (Å²) in [6, 6.07) is 2.55. The minimum absolute atomic E-state index is 0.400. The summed E-state index contributed by atoms with van der Waals surface area (Å²) in [6.45, 7) is 0. The number of rotatable bonds is 7. The number of thioether (sulfide) groups is 1. The third-order valence-electron chi connectivity index (χ3n) is 2.17. The lowest BCUT2D eigenvalue weighted by Gasteiger charge is -2.12. The maximum Gasteiger partial charge on any atom is 0.326 e. The summed E-state index contributed by atoms with van der Waals surface area (Å²) < 4.78 is 5.01. The Labute approximate surface area is 109 Å². The molecule has 0 saturated heterocycles. The quantitative estimate of drug-likeness (QED) is 0.735. The zero-order chi connectivity index (χ0) is 13.4. The molecule has 0 aromatic carbocycles. The van der Waals surface area contributed by atoms with Gasteiger partial charge in [0, 0.05) is 6.08 Å². The summed E-state index contributed by atoms with van der Waals surface area (Å²) in [6.07, 6.45) is 6.53. The number of carboxylic acids is 1. The van der Waals surface area contributed by atoms with Crippen LogP contribution < -0.4 is 5.32 Å². The van der Waals surface area contributed by atoms with E-state index in [1.165, 1.54) is 30.2 Å². The fourth-order valence-corrected chi connectivity index (χ4v) is 1.73. The number of hydrogen-bond donors (Lipinski definition) is 2. The lowest BCUT2D eigenvalue weighted by atomic mass is 10.2. The van der Waals surface area contributed by atoms with Crippen LogP contribution in [0.15, 0.2) is 28.9 Å². The van der Waals surface area contributed by atoms with Gasteiger partial charge >= 0.3 is 5.97 Å². The van der Waals surface area contributed by atoms with Gasteiger partial charge in [0.15, 0.2) is 0 Å². The predicted molar refractivity (Wildman–Crippen MR) is 70.3 cm³/mol. The Bertz CT molecular complexity index is 414. The summed E-state index contributed by atoms with van der Waals surface area (Å²) in [4.78, 5) is 22.4. The van der Waals surface area contributed by atoms with Crippen LogP contribution in [0.2, 0.25) is 0 Å². The Morgan fingerprint density at radius 3 is 2.94 bits per heavy atom. The molecule has 0 fully saturated rings. The molecule has 1 amide bonds. The van der Waals surface area contributed by atoms with Gasteiger partial charge in [0.1, 0.15) is 11.8 Å². The predicted octanol–water partition coefficient (Wildman–Crippen LogP) is 1.62. The molecule has 1 rings (SSSR count). The summed E-state index contributed by atoms with van der Waals surface area (Å²) in [5.74, 6) is -0.246. The van der Waals surface area contributed by atoms with Crippen LogP contribution in [0.5, 0.6) is 0 Å². The SMILES string of the molecule is CSCC[C@@H](NC(=O)/C=C\c1ccco1)C(=O)O. The number of carboxylic acid groups (broad SMARTS) is 1. The Morgan fingerprint density at radius 2 is 2.39 bits per heavy atom. The lowest BCUT2D eigenvalue weighted by Crippen LogP contribution is -2.40. The minimum Gasteiger partial charge on any atom is -0.480 e. The van der Waals surface area contributed by atoms with Crippen molar-refractivity contribution in [2.45, 2.75) is 12.5 Å². The summed E-state index contributed by atoms with van der Waals surface area (Å²) in [7, 11) is 0. The first-order valence-electron chi connectivity index (χ1n) is 5.37. The van der Waals surface area contributed by atoms with Gasteiger partial charge < -0.3 is 14.8 Å². The Kier molecular flexibility index (Phi) is 6.07. The highest BCUT2D eigenvalue weighted by Gasteiger charge is 2.17. The van der Waals surface area contributed by atoms with E-state index in [2.05, 4.69) is 5.32 Å². The number of carbonyl (C=O) groups excluding carboxylic acids is 1. The molecule has 0 saturated carbocycles. The summed E-state index contributed by atoms with van der Waals surface area (Å²) >= 11 is 1.54. The lowest BCUT2D eigenvalue weighted by molar-refractivity contribution is -0.141. The molecule has 1 heterocycles. The van der Waals surface area contributed by atoms with E-state index in [4.69, 9.17) is 9.52 Å². The van der Waals surface area contributed by atoms with Crippen molar-refractivity contribution in [3.05, 3.63) is 30.2 Å². The molecule has 0 radical (unpaired) electrons. The normalized spacial score (nSPS) is 12.5. The van der Waals surface area contributed by atoms with Crippen molar-refractivity contribution in [1.82, 2.24) is 5.32 Å². The van der Waals surface area contributed by atoms with Crippen molar-refractivity contribution in [2.75, 3.05) is 12.0 Å². The van der Waals surface area contributed by atoms with Crippen molar-refractivity contribution < 1.29 is 19.1 Å². The van der Waals surface area contributed by atoms with E-state index in [0.717, 1.165) is 0 Å². The highest BCUT2D eigenvalue weighted by molar-refractivity contribution is 7.98. The summed E-state index contributed by atoms with van der Waals surface area (Å²) in [5.41, 5.74) is 0. The fourth-order valence-electron chi connectivity index (χ4n) is 1.26. The molecule has 0 unspecified atom stereocenters. The first-order valence-corrected chi connectivity index (χ1v) is 6.76. The first kappa shape index (κ1) is 14.4. The second-order valence-corrected chi connectivity index (χ2v) is 4.52. The third kappa shape index (κ3) is 5.09. The van der Waals surface area contributed by atoms with Crippen LogP contribution >= 0.6 is 11.8 Å². The second-order valence-electron chi connectivity index (χ2n) is 3.53. The van der Waals surface area contributed by atoms with E-state index in [1.54, 1.807) is 12.1 Å². The second kappa shape index (κ2) is 7.60. The molecular formula is C12H15NO4S. The number of amides is 1. The smallest absolute Gasteiger partial charge is 0.326 e. The van der Waals surface area contributed by atoms with Gasteiger partial charge in [0.05, 0.1) is 6.26 Å². The van der Waals surface area contributed by atoms with Crippen LogP contribution in [-0.4, -0.2) is 35.0 Å². The number of nitrogens with one attached hydrogen (secondary N) is 1. The molecule has 0 bridgehead atoms. The van der Waals surface area contributed by atoms with Crippen LogP contribution in [0, 0.1) is 0 Å². The van der Waals surface area contributed by atoms with Crippen molar-refractivity contribution in [1.29, 1.82) is 0 Å². The van der Waals surface area contributed by atoms with E-state index in [1.807, 2.05) is 6.26 Å². The van der Waals surface area contributed by atoms with Gasteiger partial charge in [0.25, 0.3) is 0 Å². The molecule has 1 aromatic rings. The van der Waals surface area contributed by atoms with Crippen LogP contribution in [-0.2, 0) is 9.59 Å². The number of furan rings is 1. The van der Waals surface area contributed by atoms with Gasteiger partial charge in [-0.25, -0.2) is 4.79 Å². The Balaban J connectivity index is 2.48. The van der Waals surface area contributed by atoms with Crippen molar-refractivity contribution in [2.24, 2.45) is 0 Å². The van der Waals surface area contributed by atoms with Crippen LogP contribution in [0.25, 0.3) is 6.08 Å². The van der Waals surface area contributed by atoms with Gasteiger partial charge in [-0.1, -0.05) is 0 Å². The molecule has 2 N–H and O–H groups in total. The van der Waals surface area contributed by atoms with Gasteiger partial charge in [-0.3, -0.25) is 4.79 Å². The molecule has 6 heteroatoms. The van der Waals surface area contributed by atoms with Crippen molar-refractivity contribution >= 4 is 29.7 Å². The molecule has 1 atom stereocenters. The molecule has 0 aliphatic rings. The molecular weight excluding hydrogens is 254 g/mol. The number of carbonyl (C=O) groups is 2. The molecule has 0 spiro atoms. The maximum atomic E-state index is 11.5. The zero-order valence-electron chi connectivity index (χ0n) is 9.96. The van der Waals surface area contributed by atoms with E-state index in [0.29, 0.717) is 17.9 Å². The highest BCUT2D eigenvalue weighted by atomic mass is 32.2. The van der Waals surface area contributed by atoms with Crippen molar-refractivity contribution in [3.8, 4) is 0 Å². The molecule has 98 valence electrons. The van der Waals surface area contributed by atoms with Gasteiger partial charge in [-0.05, 0) is 36.6 Å². The first-order chi connectivity index (χ1) is 8.63. The molecule has 0 aliphatic heterocycles. The average Bonchev–Trinajstić information content (AvgIpc) is 2.84. The van der Waals surface area contributed by atoms with Gasteiger partial charge in [-0.15, -0.1) is 0 Å². The van der Waals surface area contributed by atoms with Gasteiger partial charge in [0.2, 0.25) is 5.91 Å². The minimum atomic E-state index is -1.02. The van der Waals surface area contributed by atoms with E-state index >= 15 is 0 Å².